The molecule has 0 aromatic carbocycles. The molecule has 0 amide bonds. The van der Waals surface area contributed by atoms with E-state index in [1.165, 1.54) is 0 Å². The minimum absolute atomic E-state index is 0. The third-order valence-corrected chi connectivity index (χ3v) is 0.175. The summed E-state index contributed by atoms with van der Waals surface area (Å²) in [6, 6.07) is 0. The van der Waals surface area contributed by atoms with Gasteiger partial charge in [-0.05, 0) is 0 Å². The fraction of sp³-hybridized carbons (Fsp3) is 0.500. The summed E-state index contributed by atoms with van der Waals surface area (Å²) in [5.41, 5.74) is 4.57. The Kier molecular flexibility index (Phi) is 8.12. The van der Waals surface area contributed by atoms with E-state index in [0.717, 1.165) is 0 Å². The summed E-state index contributed by atoms with van der Waals surface area (Å²) in [4.78, 5) is 9.24. The van der Waals surface area contributed by atoms with Gasteiger partial charge in [0.2, 0.25) is 0 Å². The zero-order chi connectivity index (χ0) is 4.28. The van der Waals surface area contributed by atoms with Crippen molar-refractivity contribution in [2.45, 2.75) is 0 Å². The summed E-state index contributed by atoms with van der Waals surface area (Å²) in [6.07, 6.45) is 0. The van der Waals surface area contributed by atoms with Crippen LogP contribution in [0.1, 0.15) is 0 Å². The van der Waals surface area contributed by atoms with Gasteiger partial charge < -0.3 is 10.8 Å². The molecule has 0 spiro atoms. The van der Waals surface area contributed by atoms with Crippen molar-refractivity contribution in [3.63, 3.8) is 0 Å². The SMILES string of the molecule is NCC(=O)O.[Ti]. The van der Waals surface area contributed by atoms with Gasteiger partial charge in [0, 0.05) is 21.7 Å². The van der Waals surface area contributed by atoms with Gasteiger partial charge in [-0.25, -0.2) is 0 Å². The van der Waals surface area contributed by atoms with Crippen LogP contribution in [-0.2, 0) is 26.5 Å². The topological polar surface area (TPSA) is 63.3 Å². The average Bonchev–Trinajstić information content (AvgIpc) is 1.38. The molecule has 0 unspecified atom stereocenters. The van der Waals surface area contributed by atoms with Crippen LogP contribution in [0.25, 0.3) is 0 Å². The minimum atomic E-state index is -0.968. The fourth-order valence-electron chi connectivity index (χ4n) is 0. The molecule has 0 aliphatic rings. The van der Waals surface area contributed by atoms with Crippen LogP contribution in [0, 0.1) is 0 Å². The zero-order valence-electron chi connectivity index (χ0n) is 3.14. The number of rotatable bonds is 1. The first kappa shape index (κ1) is 9.47. The maximum atomic E-state index is 9.24. The van der Waals surface area contributed by atoms with E-state index in [4.69, 9.17) is 5.11 Å². The number of carboxylic acids is 1. The van der Waals surface area contributed by atoms with Gasteiger partial charge in [0.05, 0.1) is 6.54 Å². The van der Waals surface area contributed by atoms with Crippen molar-refractivity contribution in [1.82, 2.24) is 0 Å². The van der Waals surface area contributed by atoms with Crippen molar-refractivity contribution >= 4 is 5.97 Å². The number of carbonyl (C=O) groups is 1. The van der Waals surface area contributed by atoms with E-state index < -0.39 is 5.97 Å². The van der Waals surface area contributed by atoms with Crippen LogP contribution in [0.3, 0.4) is 0 Å². The normalized spacial score (nSPS) is 6.17. The van der Waals surface area contributed by atoms with E-state index in [0.29, 0.717) is 0 Å². The van der Waals surface area contributed by atoms with E-state index >= 15 is 0 Å². The third-order valence-electron chi connectivity index (χ3n) is 0.175. The Labute approximate surface area is 50.4 Å². The molecule has 0 aliphatic heterocycles. The summed E-state index contributed by atoms with van der Waals surface area (Å²) in [5, 5.41) is 7.60. The zero-order valence-corrected chi connectivity index (χ0v) is 4.70. The van der Waals surface area contributed by atoms with Gasteiger partial charge in [0.25, 0.3) is 0 Å². The molecular weight excluding hydrogens is 118 g/mol. The van der Waals surface area contributed by atoms with Crippen LogP contribution in [0.15, 0.2) is 0 Å². The molecule has 0 aromatic heterocycles. The fourth-order valence-corrected chi connectivity index (χ4v) is 0. The molecule has 0 aliphatic carbocycles. The number of hydrogen-bond acceptors (Lipinski definition) is 2. The molecule has 0 aromatic rings. The van der Waals surface area contributed by atoms with Crippen molar-refractivity contribution < 1.29 is 31.6 Å². The second kappa shape index (κ2) is 5.14. The second-order valence-electron chi connectivity index (χ2n) is 0.598. The Morgan fingerprint density at radius 1 is 1.83 bits per heavy atom. The van der Waals surface area contributed by atoms with Crippen LogP contribution < -0.4 is 5.73 Å². The van der Waals surface area contributed by atoms with Crippen LogP contribution >= 0.6 is 0 Å². The van der Waals surface area contributed by atoms with Gasteiger partial charge in [-0.15, -0.1) is 0 Å². The minimum Gasteiger partial charge on any atom is -0.480 e. The Bertz CT molecular complexity index is 46.8. The first-order valence-corrected chi connectivity index (χ1v) is 1.19. The molecule has 0 bridgehead atoms. The summed E-state index contributed by atoms with van der Waals surface area (Å²) in [7, 11) is 0. The van der Waals surface area contributed by atoms with Crippen molar-refractivity contribution in [2.75, 3.05) is 6.54 Å². The maximum absolute atomic E-state index is 9.24. The van der Waals surface area contributed by atoms with Crippen molar-refractivity contribution in [3.05, 3.63) is 0 Å². The summed E-state index contributed by atoms with van der Waals surface area (Å²) < 4.78 is 0. The molecule has 3 N–H and O–H groups in total. The Balaban J connectivity index is 0. The van der Waals surface area contributed by atoms with E-state index in [1.54, 1.807) is 0 Å². The van der Waals surface area contributed by atoms with E-state index in [-0.39, 0.29) is 28.3 Å². The van der Waals surface area contributed by atoms with Gasteiger partial charge in [-0.3, -0.25) is 4.79 Å². The van der Waals surface area contributed by atoms with Crippen molar-refractivity contribution in [1.29, 1.82) is 0 Å². The molecule has 34 valence electrons. The summed E-state index contributed by atoms with van der Waals surface area (Å²) >= 11 is 0. The standard InChI is InChI=1S/C2H5NO2.Ti/c3-1-2(4)5;/h1,3H2,(H,4,5);. The number of carboxylic acid groups (broad SMARTS) is 1. The third kappa shape index (κ3) is 8.91. The predicted molar refractivity (Wildman–Crippen MR) is 16.7 cm³/mol. The van der Waals surface area contributed by atoms with E-state index in [2.05, 4.69) is 5.73 Å². The van der Waals surface area contributed by atoms with Gasteiger partial charge in [0.1, 0.15) is 0 Å². The van der Waals surface area contributed by atoms with Gasteiger partial charge >= 0.3 is 5.97 Å². The van der Waals surface area contributed by atoms with Gasteiger partial charge in [-0.2, -0.15) is 0 Å². The van der Waals surface area contributed by atoms with Crippen LogP contribution in [0.5, 0.6) is 0 Å². The molecule has 6 heavy (non-hydrogen) atoms. The number of aliphatic carboxylic acids is 1. The van der Waals surface area contributed by atoms with Crippen molar-refractivity contribution in [3.8, 4) is 0 Å². The Morgan fingerprint density at radius 2 is 2.00 bits per heavy atom. The van der Waals surface area contributed by atoms with Crippen LogP contribution in [0.2, 0.25) is 0 Å². The summed E-state index contributed by atoms with van der Waals surface area (Å²) in [6.45, 7) is -0.278. The molecule has 0 saturated heterocycles. The molecular formula is C2H5NO2Ti. The van der Waals surface area contributed by atoms with E-state index in [9.17, 15) is 4.79 Å². The van der Waals surface area contributed by atoms with Crippen LogP contribution in [0.4, 0.5) is 0 Å². The van der Waals surface area contributed by atoms with Crippen LogP contribution in [-0.4, -0.2) is 17.6 Å². The van der Waals surface area contributed by atoms with Gasteiger partial charge in [0.15, 0.2) is 0 Å². The monoisotopic (exact) mass is 123 g/mol. The molecule has 3 nitrogen and oxygen atoms in total. The smallest absolute Gasteiger partial charge is 0.317 e. The first-order valence-electron chi connectivity index (χ1n) is 1.19. The molecule has 0 saturated carbocycles. The molecule has 0 fully saturated rings. The molecule has 0 atom stereocenters. The summed E-state index contributed by atoms with van der Waals surface area (Å²) in [5.74, 6) is -0.968. The average molecular weight is 123 g/mol. The largest absolute Gasteiger partial charge is 0.480 e. The number of nitrogens with two attached hydrogens (primary N) is 1. The molecule has 0 rings (SSSR count). The maximum Gasteiger partial charge on any atom is 0.317 e. The molecule has 4 heteroatoms. The van der Waals surface area contributed by atoms with Gasteiger partial charge in [-0.1, -0.05) is 0 Å². The quantitative estimate of drug-likeness (QED) is 0.440. The number of hydrogen-bond donors (Lipinski definition) is 2. The van der Waals surface area contributed by atoms with E-state index in [1.807, 2.05) is 0 Å². The molecule has 0 radical (unpaired) electrons. The Hall–Kier alpha value is 0.144. The van der Waals surface area contributed by atoms with Crippen molar-refractivity contribution in [2.24, 2.45) is 5.73 Å². The predicted octanol–water partition coefficient (Wildman–Crippen LogP) is -0.973. The first-order chi connectivity index (χ1) is 2.27. The Morgan fingerprint density at radius 3 is 2.00 bits per heavy atom. The molecule has 0 heterocycles. The second-order valence-corrected chi connectivity index (χ2v) is 0.598.